The molecular formula is C14H19ClN2OS. The molecule has 1 atom stereocenters. The van der Waals surface area contributed by atoms with E-state index in [-0.39, 0.29) is 0 Å². The van der Waals surface area contributed by atoms with E-state index in [1.165, 1.54) is 4.88 Å². The molecule has 0 spiro atoms. The number of hydrogen-bond acceptors (Lipinski definition) is 3. The smallest absolute Gasteiger partial charge is 0.102 e. The van der Waals surface area contributed by atoms with Gasteiger partial charge in [0.15, 0.2) is 0 Å². The Hall–Kier alpha value is -0.840. The summed E-state index contributed by atoms with van der Waals surface area (Å²) >= 11 is 7.95. The van der Waals surface area contributed by atoms with Crippen LogP contribution in [0.25, 0.3) is 0 Å². The minimum Gasteiger partial charge on any atom is -0.384 e. The van der Waals surface area contributed by atoms with E-state index in [0.29, 0.717) is 11.4 Å². The summed E-state index contributed by atoms with van der Waals surface area (Å²) in [7, 11) is 1.87. The molecule has 0 aliphatic rings. The first kappa shape index (κ1) is 14.6. The Bertz CT molecular complexity index is 586. The normalized spacial score (nSPS) is 14.6. The topological polar surface area (TPSA) is 38.0 Å². The Morgan fingerprint density at radius 2 is 2.16 bits per heavy atom. The van der Waals surface area contributed by atoms with Gasteiger partial charge in [0.2, 0.25) is 0 Å². The van der Waals surface area contributed by atoms with Gasteiger partial charge >= 0.3 is 0 Å². The molecule has 0 bridgehead atoms. The molecule has 0 saturated heterocycles. The van der Waals surface area contributed by atoms with Crippen LogP contribution < -0.4 is 0 Å². The Morgan fingerprint density at radius 1 is 1.47 bits per heavy atom. The predicted octanol–water partition coefficient (Wildman–Crippen LogP) is 3.46. The first-order chi connectivity index (χ1) is 8.85. The standard InChI is InChI=1S/C14H19ClN2OS/c1-5-10-13(15)11(17(4)16-10)8-14(3,18)12-7-6-9(2)19-12/h6-7,18H,5,8H2,1-4H3. The molecule has 2 rings (SSSR count). The molecule has 0 radical (unpaired) electrons. The lowest BCUT2D eigenvalue weighted by atomic mass is 9.98. The number of aryl methyl sites for hydroxylation is 3. The first-order valence-electron chi connectivity index (χ1n) is 6.34. The molecular weight excluding hydrogens is 280 g/mol. The van der Waals surface area contributed by atoms with Crippen LogP contribution in [-0.4, -0.2) is 14.9 Å². The maximum atomic E-state index is 10.7. The molecule has 104 valence electrons. The van der Waals surface area contributed by atoms with Gasteiger partial charge in [-0.1, -0.05) is 18.5 Å². The molecule has 5 heteroatoms. The van der Waals surface area contributed by atoms with Crippen molar-refractivity contribution in [2.75, 3.05) is 0 Å². The second-order valence-corrected chi connectivity index (χ2v) is 6.71. The van der Waals surface area contributed by atoms with Gasteiger partial charge in [0, 0.05) is 23.2 Å². The van der Waals surface area contributed by atoms with Gasteiger partial charge in [0.25, 0.3) is 0 Å². The lowest BCUT2D eigenvalue weighted by molar-refractivity contribution is 0.0595. The van der Waals surface area contributed by atoms with Crippen molar-refractivity contribution in [2.45, 2.75) is 39.2 Å². The number of rotatable bonds is 4. The van der Waals surface area contributed by atoms with E-state index >= 15 is 0 Å². The fraction of sp³-hybridized carbons (Fsp3) is 0.500. The second kappa shape index (κ2) is 5.27. The van der Waals surface area contributed by atoms with E-state index < -0.39 is 5.60 Å². The van der Waals surface area contributed by atoms with Gasteiger partial charge in [-0.3, -0.25) is 4.68 Å². The first-order valence-corrected chi connectivity index (χ1v) is 7.54. The summed E-state index contributed by atoms with van der Waals surface area (Å²) in [6.07, 6.45) is 1.27. The lowest BCUT2D eigenvalue weighted by Crippen LogP contribution is -2.24. The van der Waals surface area contributed by atoms with Crippen LogP contribution in [0.3, 0.4) is 0 Å². The van der Waals surface area contributed by atoms with Crippen molar-refractivity contribution in [3.8, 4) is 0 Å². The Morgan fingerprint density at radius 3 is 2.63 bits per heavy atom. The van der Waals surface area contributed by atoms with E-state index in [9.17, 15) is 5.11 Å². The van der Waals surface area contributed by atoms with Gasteiger partial charge in [0.1, 0.15) is 5.60 Å². The number of nitrogens with zero attached hydrogens (tertiary/aromatic N) is 2. The molecule has 1 N–H and O–H groups in total. The van der Waals surface area contributed by atoms with Crippen LogP contribution in [-0.2, 0) is 25.5 Å². The van der Waals surface area contributed by atoms with E-state index in [2.05, 4.69) is 5.10 Å². The minimum atomic E-state index is -0.915. The highest BCUT2D eigenvalue weighted by molar-refractivity contribution is 7.12. The summed E-state index contributed by atoms with van der Waals surface area (Å²) in [5.74, 6) is 0. The third-order valence-electron chi connectivity index (χ3n) is 3.29. The molecule has 1 unspecified atom stereocenters. The summed E-state index contributed by atoms with van der Waals surface area (Å²) in [6, 6.07) is 4.00. The van der Waals surface area contributed by atoms with Crippen molar-refractivity contribution < 1.29 is 5.11 Å². The maximum Gasteiger partial charge on any atom is 0.102 e. The van der Waals surface area contributed by atoms with Crippen molar-refractivity contribution in [3.63, 3.8) is 0 Å². The number of hydrogen-bond donors (Lipinski definition) is 1. The molecule has 0 aromatic carbocycles. The highest BCUT2D eigenvalue weighted by Crippen LogP contribution is 2.33. The summed E-state index contributed by atoms with van der Waals surface area (Å²) in [5, 5.41) is 15.8. The van der Waals surface area contributed by atoms with Crippen molar-refractivity contribution in [2.24, 2.45) is 7.05 Å². The quantitative estimate of drug-likeness (QED) is 0.939. The average Bonchev–Trinajstić information content (AvgIpc) is 2.88. The third kappa shape index (κ3) is 2.86. The van der Waals surface area contributed by atoms with Gasteiger partial charge in [-0.2, -0.15) is 5.10 Å². The highest BCUT2D eigenvalue weighted by atomic mass is 35.5. The van der Waals surface area contributed by atoms with Crippen LogP contribution in [0.15, 0.2) is 12.1 Å². The highest BCUT2D eigenvalue weighted by Gasteiger charge is 2.28. The van der Waals surface area contributed by atoms with Gasteiger partial charge < -0.3 is 5.11 Å². The fourth-order valence-electron chi connectivity index (χ4n) is 2.15. The lowest BCUT2D eigenvalue weighted by Gasteiger charge is -2.22. The zero-order chi connectivity index (χ0) is 14.2. The Kier molecular flexibility index (Phi) is 4.04. The van der Waals surface area contributed by atoms with Crippen molar-refractivity contribution in [1.29, 1.82) is 0 Å². The van der Waals surface area contributed by atoms with Crippen molar-refractivity contribution in [1.82, 2.24) is 9.78 Å². The Balaban J connectivity index is 2.32. The average molecular weight is 299 g/mol. The van der Waals surface area contributed by atoms with Gasteiger partial charge in [-0.15, -0.1) is 11.3 Å². The van der Waals surface area contributed by atoms with Gasteiger partial charge in [-0.25, -0.2) is 0 Å². The Labute approximate surface area is 122 Å². The SMILES string of the molecule is CCc1nn(C)c(CC(C)(O)c2ccc(C)s2)c1Cl. The van der Waals surface area contributed by atoms with Crippen LogP contribution in [0.4, 0.5) is 0 Å². The maximum absolute atomic E-state index is 10.7. The molecule has 2 aromatic rings. The second-order valence-electron chi connectivity index (χ2n) is 5.05. The number of thiophene rings is 1. The molecule has 0 amide bonds. The molecule has 2 aromatic heterocycles. The molecule has 3 nitrogen and oxygen atoms in total. The van der Waals surface area contributed by atoms with E-state index in [1.807, 2.05) is 40.0 Å². The van der Waals surface area contributed by atoms with Crippen LogP contribution in [0.5, 0.6) is 0 Å². The summed E-state index contributed by atoms with van der Waals surface area (Å²) in [6.45, 7) is 5.89. The molecule has 2 heterocycles. The van der Waals surface area contributed by atoms with Crippen LogP contribution in [0, 0.1) is 6.92 Å². The van der Waals surface area contributed by atoms with Crippen molar-refractivity contribution >= 4 is 22.9 Å². The van der Waals surface area contributed by atoms with E-state index in [1.54, 1.807) is 16.0 Å². The predicted molar refractivity (Wildman–Crippen MR) is 79.9 cm³/mol. The number of aromatic nitrogens is 2. The van der Waals surface area contributed by atoms with Crippen molar-refractivity contribution in [3.05, 3.63) is 38.3 Å². The van der Waals surface area contributed by atoms with Gasteiger partial charge in [0.05, 0.1) is 16.4 Å². The molecule has 19 heavy (non-hydrogen) atoms. The monoisotopic (exact) mass is 298 g/mol. The van der Waals surface area contributed by atoms with E-state index in [4.69, 9.17) is 11.6 Å². The number of halogens is 1. The molecule has 0 aliphatic heterocycles. The van der Waals surface area contributed by atoms with Gasteiger partial charge in [-0.05, 0) is 32.4 Å². The molecule has 0 aliphatic carbocycles. The largest absolute Gasteiger partial charge is 0.384 e. The molecule has 0 fully saturated rings. The summed E-state index contributed by atoms with van der Waals surface area (Å²) in [4.78, 5) is 2.15. The fourth-order valence-corrected chi connectivity index (χ4v) is 3.42. The zero-order valence-electron chi connectivity index (χ0n) is 11.7. The van der Waals surface area contributed by atoms with Crippen LogP contribution in [0.2, 0.25) is 5.02 Å². The summed E-state index contributed by atoms with van der Waals surface area (Å²) in [5.41, 5.74) is 0.855. The minimum absolute atomic E-state index is 0.468. The van der Waals surface area contributed by atoms with Crippen LogP contribution >= 0.6 is 22.9 Å². The number of aliphatic hydroxyl groups is 1. The molecule has 0 saturated carbocycles. The van der Waals surface area contributed by atoms with E-state index in [0.717, 1.165) is 22.7 Å². The summed E-state index contributed by atoms with van der Waals surface area (Å²) < 4.78 is 1.77. The third-order valence-corrected chi connectivity index (χ3v) is 4.98. The van der Waals surface area contributed by atoms with Crippen LogP contribution in [0.1, 0.15) is 35.0 Å². The zero-order valence-corrected chi connectivity index (χ0v) is 13.3.